The molecule has 0 aliphatic heterocycles. The van der Waals surface area contributed by atoms with Gasteiger partial charge in [0.15, 0.2) is 13.2 Å². The lowest BCUT2D eigenvalue weighted by atomic mass is 10.0. The number of nitrogens with one attached hydrogen (secondary N) is 1. The summed E-state index contributed by atoms with van der Waals surface area (Å²) in [6.07, 6.45) is 0. The van der Waals surface area contributed by atoms with Gasteiger partial charge in [-0.2, -0.15) is 0 Å². The number of furan rings is 1. The quantitative estimate of drug-likeness (QED) is 0.547. The number of ether oxygens (including phenoxy) is 2. The average molecular weight is 409 g/mol. The fraction of sp³-hybridized carbons (Fsp3) is 0.333. The summed E-state index contributed by atoms with van der Waals surface area (Å²) in [5.41, 5.74) is 2.82. The maximum atomic E-state index is 12.1. The van der Waals surface area contributed by atoms with Crippen LogP contribution in [0.3, 0.4) is 0 Å². The van der Waals surface area contributed by atoms with Crippen molar-refractivity contribution in [3.05, 3.63) is 65.4 Å². The van der Waals surface area contributed by atoms with Crippen molar-refractivity contribution in [2.45, 2.75) is 39.7 Å². The maximum Gasteiger partial charge on any atom is 0.344 e. The minimum absolute atomic E-state index is 0.254. The number of amides is 1. The predicted molar refractivity (Wildman–Crippen MR) is 114 cm³/mol. The fourth-order valence-corrected chi connectivity index (χ4v) is 3.14. The number of benzene rings is 2. The van der Waals surface area contributed by atoms with Gasteiger partial charge in [-0.3, -0.25) is 4.79 Å². The minimum Gasteiger partial charge on any atom is -0.482 e. The van der Waals surface area contributed by atoms with E-state index in [4.69, 9.17) is 13.9 Å². The molecule has 0 aliphatic carbocycles. The van der Waals surface area contributed by atoms with Crippen LogP contribution >= 0.6 is 0 Å². The Morgan fingerprint density at radius 2 is 1.80 bits per heavy atom. The van der Waals surface area contributed by atoms with E-state index in [0.29, 0.717) is 11.5 Å². The van der Waals surface area contributed by atoms with Crippen molar-refractivity contribution in [1.82, 2.24) is 5.32 Å². The fourth-order valence-electron chi connectivity index (χ4n) is 3.14. The zero-order valence-corrected chi connectivity index (χ0v) is 17.7. The van der Waals surface area contributed by atoms with Gasteiger partial charge < -0.3 is 19.2 Å². The molecule has 1 atom stereocenters. The number of fused-ring (bicyclic) bond motifs is 1. The van der Waals surface area contributed by atoms with Gasteiger partial charge in [-0.15, -0.1) is 0 Å². The third-order valence-electron chi connectivity index (χ3n) is 4.75. The molecule has 2 aromatic carbocycles. The lowest BCUT2D eigenvalue weighted by molar-refractivity contribution is -0.150. The number of carbonyl (C=O) groups excluding carboxylic acids is 2. The van der Waals surface area contributed by atoms with E-state index in [-0.39, 0.29) is 25.2 Å². The molecule has 1 amide bonds. The summed E-state index contributed by atoms with van der Waals surface area (Å²) in [5, 5.41) is 3.73. The second kappa shape index (κ2) is 9.48. The van der Waals surface area contributed by atoms with E-state index in [1.54, 1.807) is 0 Å². The van der Waals surface area contributed by atoms with Crippen LogP contribution in [0.1, 0.15) is 49.6 Å². The number of para-hydroxylation sites is 1. The van der Waals surface area contributed by atoms with Gasteiger partial charge in [-0.25, -0.2) is 4.79 Å². The van der Waals surface area contributed by atoms with E-state index < -0.39 is 11.9 Å². The minimum atomic E-state index is -0.599. The number of aryl methyl sites for hydroxylation is 1. The van der Waals surface area contributed by atoms with Crippen molar-refractivity contribution < 1.29 is 23.5 Å². The largest absolute Gasteiger partial charge is 0.482 e. The first-order valence-electron chi connectivity index (χ1n) is 10.0. The molecule has 1 N–H and O–H groups in total. The van der Waals surface area contributed by atoms with Crippen molar-refractivity contribution >= 4 is 22.8 Å². The summed E-state index contributed by atoms with van der Waals surface area (Å²) < 4.78 is 16.4. The van der Waals surface area contributed by atoms with Crippen LogP contribution in [0.2, 0.25) is 0 Å². The number of rotatable bonds is 8. The summed E-state index contributed by atoms with van der Waals surface area (Å²) in [5.74, 6) is 0.555. The molecule has 0 bridgehead atoms. The molecule has 0 unspecified atom stereocenters. The smallest absolute Gasteiger partial charge is 0.344 e. The van der Waals surface area contributed by atoms with Crippen LogP contribution in [0.5, 0.6) is 5.75 Å². The molecule has 0 spiro atoms. The van der Waals surface area contributed by atoms with Crippen LogP contribution in [0, 0.1) is 6.92 Å². The molecule has 1 heterocycles. The van der Waals surface area contributed by atoms with Gasteiger partial charge in [-0.05, 0) is 49.1 Å². The average Bonchev–Trinajstić information content (AvgIpc) is 3.15. The Morgan fingerprint density at radius 3 is 2.53 bits per heavy atom. The van der Waals surface area contributed by atoms with Gasteiger partial charge >= 0.3 is 5.97 Å². The van der Waals surface area contributed by atoms with E-state index >= 15 is 0 Å². The van der Waals surface area contributed by atoms with E-state index in [1.807, 2.05) is 62.4 Å². The van der Waals surface area contributed by atoms with Crippen molar-refractivity contribution in [3.63, 3.8) is 0 Å². The summed E-state index contributed by atoms with van der Waals surface area (Å²) in [6, 6.07) is 15.1. The number of esters is 1. The van der Waals surface area contributed by atoms with E-state index in [2.05, 4.69) is 19.2 Å². The molecule has 0 fully saturated rings. The van der Waals surface area contributed by atoms with Crippen molar-refractivity contribution in [1.29, 1.82) is 0 Å². The van der Waals surface area contributed by atoms with Crippen LogP contribution in [0.15, 0.2) is 52.9 Å². The first kappa shape index (κ1) is 21.4. The molecular weight excluding hydrogens is 382 g/mol. The monoisotopic (exact) mass is 409 g/mol. The highest BCUT2D eigenvalue weighted by atomic mass is 16.6. The molecule has 30 heavy (non-hydrogen) atoms. The van der Waals surface area contributed by atoms with E-state index in [9.17, 15) is 9.59 Å². The Labute approximate surface area is 176 Å². The van der Waals surface area contributed by atoms with Crippen LogP contribution < -0.4 is 10.1 Å². The second-order valence-corrected chi connectivity index (χ2v) is 7.62. The van der Waals surface area contributed by atoms with Gasteiger partial charge in [0.25, 0.3) is 5.91 Å². The van der Waals surface area contributed by atoms with Crippen LogP contribution in [-0.4, -0.2) is 25.1 Å². The number of hydrogen-bond acceptors (Lipinski definition) is 5. The van der Waals surface area contributed by atoms with Gasteiger partial charge in [-0.1, -0.05) is 44.2 Å². The topological polar surface area (TPSA) is 77.8 Å². The highest BCUT2D eigenvalue weighted by Crippen LogP contribution is 2.27. The maximum absolute atomic E-state index is 12.1. The predicted octanol–water partition coefficient (Wildman–Crippen LogP) is 4.66. The van der Waals surface area contributed by atoms with Gasteiger partial charge in [0.05, 0.1) is 6.04 Å². The summed E-state index contributed by atoms with van der Waals surface area (Å²) in [6.45, 7) is 7.26. The highest BCUT2D eigenvalue weighted by molar-refractivity contribution is 5.82. The SMILES string of the molecule is Cc1ccc(C(C)C)c(OCC(=O)OCC(=O)N[C@H](C)c2cc3ccccc3o2)c1. The van der Waals surface area contributed by atoms with Crippen molar-refractivity contribution in [2.75, 3.05) is 13.2 Å². The summed E-state index contributed by atoms with van der Waals surface area (Å²) >= 11 is 0. The molecule has 0 aliphatic rings. The molecule has 0 saturated heterocycles. The molecule has 1 aromatic heterocycles. The Bertz CT molecular complexity index is 1000. The first-order chi connectivity index (χ1) is 14.3. The van der Waals surface area contributed by atoms with Gasteiger partial charge in [0.2, 0.25) is 0 Å². The van der Waals surface area contributed by atoms with Gasteiger partial charge in [0.1, 0.15) is 17.1 Å². The summed E-state index contributed by atoms with van der Waals surface area (Å²) in [7, 11) is 0. The molecule has 6 nitrogen and oxygen atoms in total. The molecule has 0 radical (unpaired) electrons. The van der Waals surface area contributed by atoms with E-state index in [0.717, 1.165) is 22.1 Å². The van der Waals surface area contributed by atoms with Crippen molar-refractivity contribution in [3.8, 4) is 5.75 Å². The van der Waals surface area contributed by atoms with Gasteiger partial charge in [0, 0.05) is 5.39 Å². The molecule has 6 heteroatoms. The third-order valence-corrected chi connectivity index (χ3v) is 4.75. The molecule has 3 rings (SSSR count). The third kappa shape index (κ3) is 5.41. The molecule has 3 aromatic rings. The highest BCUT2D eigenvalue weighted by Gasteiger charge is 2.16. The lowest BCUT2D eigenvalue weighted by Gasteiger charge is -2.15. The van der Waals surface area contributed by atoms with Crippen LogP contribution in [-0.2, 0) is 14.3 Å². The first-order valence-corrected chi connectivity index (χ1v) is 10.0. The molecule has 0 saturated carbocycles. The standard InChI is InChI=1S/C24H27NO5/c1-15(2)19-10-9-16(3)11-22(19)28-14-24(27)29-13-23(26)25-17(4)21-12-18-7-5-6-8-20(18)30-21/h5-12,15,17H,13-14H2,1-4H3,(H,25,26)/t17-/m1/s1. The van der Waals surface area contributed by atoms with Crippen LogP contribution in [0.25, 0.3) is 11.0 Å². The normalized spacial score (nSPS) is 12.0. The lowest BCUT2D eigenvalue weighted by Crippen LogP contribution is -2.31. The zero-order chi connectivity index (χ0) is 21.7. The Hall–Kier alpha value is -3.28. The Balaban J connectivity index is 1.47. The van der Waals surface area contributed by atoms with E-state index in [1.165, 1.54) is 0 Å². The Kier molecular flexibility index (Phi) is 6.77. The molecule has 158 valence electrons. The summed E-state index contributed by atoms with van der Waals surface area (Å²) in [4.78, 5) is 24.2. The Morgan fingerprint density at radius 1 is 1.03 bits per heavy atom. The second-order valence-electron chi connectivity index (χ2n) is 7.62. The number of hydrogen-bond donors (Lipinski definition) is 1. The number of carbonyl (C=O) groups is 2. The molecular formula is C24H27NO5. The van der Waals surface area contributed by atoms with Crippen molar-refractivity contribution in [2.24, 2.45) is 0 Å². The zero-order valence-electron chi connectivity index (χ0n) is 17.7. The van der Waals surface area contributed by atoms with Crippen LogP contribution in [0.4, 0.5) is 0 Å².